The zero-order valence-electron chi connectivity index (χ0n) is 15.8. The number of aromatic nitrogens is 2. The molecule has 0 radical (unpaired) electrons. The van der Waals surface area contributed by atoms with Crippen molar-refractivity contribution in [2.75, 3.05) is 31.2 Å². The fraction of sp³-hybridized carbons (Fsp3) is 0.579. The van der Waals surface area contributed by atoms with Crippen molar-refractivity contribution in [3.05, 3.63) is 40.8 Å². The van der Waals surface area contributed by atoms with Crippen LogP contribution in [-0.4, -0.2) is 46.9 Å². The van der Waals surface area contributed by atoms with Gasteiger partial charge in [-0.05, 0) is 18.6 Å². The van der Waals surface area contributed by atoms with Crippen LogP contribution in [0.25, 0.3) is 5.65 Å². The van der Waals surface area contributed by atoms with Gasteiger partial charge in [-0.15, -0.1) is 0 Å². The van der Waals surface area contributed by atoms with E-state index in [1.54, 1.807) is 12.3 Å². The first-order chi connectivity index (χ1) is 12.2. The topological polar surface area (TPSA) is 67.1 Å². The van der Waals surface area contributed by atoms with Gasteiger partial charge in [0.15, 0.2) is 0 Å². The highest BCUT2D eigenvalue weighted by Gasteiger charge is 2.21. The molecule has 6 heteroatoms. The molecule has 0 bridgehead atoms. The number of anilines is 1. The molecule has 1 fully saturated rings. The molecule has 0 aromatic carbocycles. The lowest BCUT2D eigenvalue weighted by Crippen LogP contribution is -2.43. The van der Waals surface area contributed by atoms with Crippen molar-refractivity contribution >= 4 is 11.5 Å². The Morgan fingerprint density at radius 2 is 2.04 bits per heavy atom. The summed E-state index contributed by atoms with van der Waals surface area (Å²) in [7, 11) is 0. The predicted molar refractivity (Wildman–Crippen MR) is 102 cm³/mol. The van der Waals surface area contributed by atoms with Crippen LogP contribution in [0.3, 0.4) is 0 Å². The number of aliphatic hydroxyl groups excluding tert-OH is 1. The van der Waals surface area contributed by atoms with Gasteiger partial charge in [0.05, 0.1) is 12.7 Å². The first-order valence-corrected chi connectivity index (χ1v) is 9.15. The lowest BCUT2D eigenvalue weighted by Gasteiger charge is -2.33. The number of morpholine rings is 1. The van der Waals surface area contributed by atoms with E-state index >= 15 is 0 Å². The smallest absolute Gasteiger partial charge is 0.259 e. The number of fused-ring (bicyclic) bond motifs is 1. The van der Waals surface area contributed by atoms with Crippen LogP contribution < -0.4 is 10.5 Å². The van der Waals surface area contributed by atoms with Crippen molar-refractivity contribution in [2.45, 2.75) is 46.6 Å². The fourth-order valence-corrected chi connectivity index (χ4v) is 2.45. The van der Waals surface area contributed by atoms with Gasteiger partial charge >= 0.3 is 0 Å². The number of rotatable bonds is 3. The number of nitrogens with zero attached hydrogens (tertiary/aromatic N) is 3. The molecular formula is C19H31N3O3. The Balaban J connectivity index is 0.000000567. The average Bonchev–Trinajstić information content (AvgIpc) is 2.65. The van der Waals surface area contributed by atoms with Crippen molar-refractivity contribution in [1.82, 2.24) is 9.38 Å². The molecular weight excluding hydrogens is 318 g/mol. The molecule has 1 aliphatic heterocycles. The number of aliphatic hydroxyl groups is 1. The Hall–Kier alpha value is -1.92. The first kappa shape index (κ1) is 21.1. The fourth-order valence-electron chi connectivity index (χ4n) is 2.45. The Morgan fingerprint density at radius 3 is 2.72 bits per heavy atom. The second-order valence-corrected chi connectivity index (χ2v) is 5.54. The monoisotopic (exact) mass is 349 g/mol. The second kappa shape index (κ2) is 11.6. The molecule has 1 aliphatic rings. The lowest BCUT2D eigenvalue weighted by molar-refractivity contribution is 0.0244. The third-order valence-corrected chi connectivity index (χ3v) is 3.47. The molecule has 140 valence electrons. The SMILES string of the molecule is CC.CCC.O=c1cc(N2CCOC(CCO)C2)nc2ccccn12. The van der Waals surface area contributed by atoms with Gasteiger partial charge in [0, 0.05) is 32.0 Å². The molecule has 1 atom stereocenters. The number of pyridine rings is 1. The van der Waals surface area contributed by atoms with Crippen molar-refractivity contribution in [1.29, 1.82) is 0 Å². The Morgan fingerprint density at radius 1 is 1.32 bits per heavy atom. The highest BCUT2D eigenvalue weighted by molar-refractivity contribution is 5.48. The lowest BCUT2D eigenvalue weighted by atomic mass is 10.2. The van der Waals surface area contributed by atoms with Crippen molar-refractivity contribution in [3.63, 3.8) is 0 Å². The molecule has 1 N–H and O–H groups in total. The van der Waals surface area contributed by atoms with Gasteiger partial charge in [-0.2, -0.15) is 0 Å². The molecule has 0 spiro atoms. The standard InChI is InChI=1S/C14H17N3O3.C3H8.C2H6/c18-7-4-11-10-16(6-8-20-11)13-9-14(19)17-5-2-1-3-12(17)15-13;1-3-2;1-2/h1-3,5,9,11,18H,4,6-8,10H2;3H2,1-2H3;1-2H3. The van der Waals surface area contributed by atoms with E-state index in [1.165, 1.54) is 10.8 Å². The number of hydrogen-bond donors (Lipinski definition) is 1. The maximum Gasteiger partial charge on any atom is 0.259 e. The van der Waals surface area contributed by atoms with E-state index in [0.29, 0.717) is 37.6 Å². The molecule has 0 amide bonds. The first-order valence-electron chi connectivity index (χ1n) is 9.15. The van der Waals surface area contributed by atoms with E-state index < -0.39 is 0 Å². The molecule has 2 aromatic rings. The maximum absolute atomic E-state index is 12.1. The Kier molecular flexibility index (Phi) is 9.80. The summed E-state index contributed by atoms with van der Waals surface area (Å²) in [6.07, 6.45) is 3.55. The van der Waals surface area contributed by atoms with Crippen molar-refractivity contribution in [2.24, 2.45) is 0 Å². The van der Waals surface area contributed by atoms with E-state index in [-0.39, 0.29) is 18.3 Å². The zero-order valence-corrected chi connectivity index (χ0v) is 15.8. The molecule has 2 aromatic heterocycles. The van der Waals surface area contributed by atoms with Gasteiger partial charge in [0.25, 0.3) is 5.56 Å². The van der Waals surface area contributed by atoms with Gasteiger partial charge in [-0.3, -0.25) is 9.20 Å². The highest BCUT2D eigenvalue weighted by atomic mass is 16.5. The van der Waals surface area contributed by atoms with E-state index in [0.717, 1.165) is 0 Å². The van der Waals surface area contributed by atoms with Crippen LogP contribution in [0.2, 0.25) is 0 Å². The summed E-state index contributed by atoms with van der Waals surface area (Å²) in [5, 5.41) is 8.99. The summed E-state index contributed by atoms with van der Waals surface area (Å²) in [6, 6.07) is 7.03. The third kappa shape index (κ3) is 6.14. The van der Waals surface area contributed by atoms with Crippen LogP contribution in [0.5, 0.6) is 0 Å². The summed E-state index contributed by atoms with van der Waals surface area (Å²) >= 11 is 0. The zero-order chi connectivity index (χ0) is 18.7. The van der Waals surface area contributed by atoms with Gasteiger partial charge < -0.3 is 14.7 Å². The van der Waals surface area contributed by atoms with E-state index in [2.05, 4.69) is 18.8 Å². The van der Waals surface area contributed by atoms with Crippen LogP contribution in [0.4, 0.5) is 5.82 Å². The molecule has 6 nitrogen and oxygen atoms in total. The number of ether oxygens (including phenoxy) is 1. The van der Waals surface area contributed by atoms with Crippen molar-refractivity contribution in [3.8, 4) is 0 Å². The summed E-state index contributed by atoms with van der Waals surface area (Å²) in [5.74, 6) is 0.674. The Labute approximate surface area is 150 Å². The summed E-state index contributed by atoms with van der Waals surface area (Å²) < 4.78 is 7.10. The van der Waals surface area contributed by atoms with Crippen LogP contribution in [0.1, 0.15) is 40.5 Å². The molecule has 0 aliphatic carbocycles. The summed E-state index contributed by atoms with van der Waals surface area (Å²) in [6.45, 7) is 10.3. The van der Waals surface area contributed by atoms with Crippen LogP contribution in [0, 0.1) is 0 Å². The average molecular weight is 349 g/mol. The highest BCUT2D eigenvalue weighted by Crippen LogP contribution is 2.16. The molecule has 3 rings (SSSR count). The van der Waals surface area contributed by atoms with Gasteiger partial charge in [-0.1, -0.05) is 40.2 Å². The van der Waals surface area contributed by atoms with Crippen LogP contribution >= 0.6 is 0 Å². The maximum atomic E-state index is 12.1. The number of hydrogen-bond acceptors (Lipinski definition) is 5. The van der Waals surface area contributed by atoms with Crippen LogP contribution in [0.15, 0.2) is 35.3 Å². The molecule has 1 saturated heterocycles. The minimum atomic E-state index is -0.0872. The van der Waals surface area contributed by atoms with Crippen molar-refractivity contribution < 1.29 is 9.84 Å². The normalized spacial score (nSPS) is 16.5. The quantitative estimate of drug-likeness (QED) is 0.923. The molecule has 0 saturated carbocycles. The molecule has 3 heterocycles. The van der Waals surface area contributed by atoms with E-state index in [9.17, 15) is 4.79 Å². The van der Waals surface area contributed by atoms with Gasteiger partial charge in [0.2, 0.25) is 0 Å². The molecule has 1 unspecified atom stereocenters. The van der Waals surface area contributed by atoms with Gasteiger partial charge in [-0.25, -0.2) is 4.98 Å². The summed E-state index contributed by atoms with van der Waals surface area (Å²) in [4.78, 5) is 18.6. The second-order valence-electron chi connectivity index (χ2n) is 5.54. The predicted octanol–water partition coefficient (Wildman–Crippen LogP) is 2.72. The summed E-state index contributed by atoms with van der Waals surface area (Å²) in [5.41, 5.74) is 0.552. The molecule has 25 heavy (non-hydrogen) atoms. The largest absolute Gasteiger partial charge is 0.396 e. The van der Waals surface area contributed by atoms with E-state index in [4.69, 9.17) is 9.84 Å². The minimum Gasteiger partial charge on any atom is -0.396 e. The van der Waals surface area contributed by atoms with Gasteiger partial charge in [0.1, 0.15) is 11.5 Å². The Bertz CT molecular complexity index is 670. The minimum absolute atomic E-state index is 0.00947. The van der Waals surface area contributed by atoms with E-state index in [1.807, 2.05) is 36.9 Å². The van der Waals surface area contributed by atoms with Crippen LogP contribution in [-0.2, 0) is 4.74 Å². The third-order valence-electron chi connectivity index (χ3n) is 3.47.